The Labute approximate surface area is 72.2 Å². The van der Waals surface area contributed by atoms with Crippen LogP contribution in [0, 0.1) is 6.92 Å². The third-order valence-electron chi connectivity index (χ3n) is 1.57. The zero-order chi connectivity index (χ0) is 8.97. The Morgan fingerprint density at radius 1 is 1.33 bits per heavy atom. The van der Waals surface area contributed by atoms with E-state index in [-0.39, 0.29) is 0 Å². The van der Waals surface area contributed by atoms with Gasteiger partial charge in [-0.25, -0.2) is 0 Å². The van der Waals surface area contributed by atoms with Crippen LogP contribution < -0.4 is 0 Å². The fraction of sp³-hybridized carbons (Fsp3) is 0.300. The van der Waals surface area contributed by atoms with Crippen LogP contribution in [0.15, 0.2) is 29.1 Å². The van der Waals surface area contributed by atoms with Gasteiger partial charge in [-0.05, 0) is 18.6 Å². The minimum Gasteiger partial charge on any atom is -0.464 e. The Hall–Kier alpha value is -1.31. The number of pyridine rings is 1. The number of rotatable bonds is 0. The normalized spacial score (nSPS) is 9.25. The lowest BCUT2D eigenvalue weighted by Crippen LogP contribution is -1.69. The van der Waals surface area contributed by atoms with E-state index in [0.717, 1.165) is 16.5 Å². The minimum absolute atomic E-state index is 0.910. The van der Waals surface area contributed by atoms with E-state index in [9.17, 15) is 0 Å². The van der Waals surface area contributed by atoms with Crippen molar-refractivity contribution in [3.05, 3.63) is 30.3 Å². The molecule has 2 rings (SSSR count). The number of aromatic nitrogens is 1. The van der Waals surface area contributed by atoms with Crippen LogP contribution in [-0.2, 0) is 0 Å². The topological polar surface area (TPSA) is 26.0 Å². The van der Waals surface area contributed by atoms with Crippen LogP contribution in [-0.4, -0.2) is 4.98 Å². The predicted molar refractivity (Wildman–Crippen MR) is 50.1 cm³/mol. The standard InChI is InChI=1S/C8H7NO.C2H6/c1-6-5-10-8-2-3-9-4-7(6)8;1-2/h2-5H,1H3;1-2H3. The summed E-state index contributed by atoms with van der Waals surface area (Å²) in [6.07, 6.45) is 5.28. The first-order chi connectivity index (χ1) is 5.88. The van der Waals surface area contributed by atoms with Gasteiger partial charge in [0.2, 0.25) is 0 Å². The quantitative estimate of drug-likeness (QED) is 0.596. The van der Waals surface area contributed by atoms with E-state index in [1.807, 2.05) is 33.0 Å². The van der Waals surface area contributed by atoms with E-state index >= 15 is 0 Å². The molecular formula is C10H13NO. The molecule has 12 heavy (non-hydrogen) atoms. The molecule has 2 heterocycles. The molecule has 0 fully saturated rings. The van der Waals surface area contributed by atoms with Crippen molar-refractivity contribution in [3.8, 4) is 0 Å². The second-order valence-corrected chi connectivity index (χ2v) is 2.29. The van der Waals surface area contributed by atoms with Crippen LogP contribution in [0.2, 0.25) is 0 Å². The summed E-state index contributed by atoms with van der Waals surface area (Å²) < 4.78 is 5.21. The van der Waals surface area contributed by atoms with Gasteiger partial charge >= 0.3 is 0 Å². The molecule has 2 aromatic rings. The van der Waals surface area contributed by atoms with E-state index in [1.54, 1.807) is 12.5 Å². The van der Waals surface area contributed by atoms with Crippen molar-refractivity contribution in [2.45, 2.75) is 20.8 Å². The lowest BCUT2D eigenvalue weighted by atomic mass is 10.2. The molecule has 2 aromatic heterocycles. The van der Waals surface area contributed by atoms with E-state index in [2.05, 4.69) is 4.98 Å². The summed E-state index contributed by atoms with van der Waals surface area (Å²) in [5, 5.41) is 1.10. The number of fused-ring (bicyclic) bond motifs is 1. The zero-order valence-corrected chi connectivity index (χ0v) is 7.66. The number of hydrogen-bond acceptors (Lipinski definition) is 2. The molecule has 2 heteroatoms. The first-order valence-electron chi connectivity index (χ1n) is 4.16. The maximum absolute atomic E-state index is 5.21. The largest absolute Gasteiger partial charge is 0.464 e. The van der Waals surface area contributed by atoms with E-state index in [0.29, 0.717) is 0 Å². The molecule has 0 N–H and O–H groups in total. The van der Waals surface area contributed by atoms with Crippen LogP contribution in [0.25, 0.3) is 11.0 Å². The lowest BCUT2D eigenvalue weighted by Gasteiger charge is -1.84. The van der Waals surface area contributed by atoms with Crippen LogP contribution in [0.4, 0.5) is 0 Å². The molecule has 0 bridgehead atoms. The summed E-state index contributed by atoms with van der Waals surface area (Å²) in [5.74, 6) is 0. The predicted octanol–water partition coefficient (Wildman–Crippen LogP) is 3.16. The van der Waals surface area contributed by atoms with Gasteiger partial charge in [0, 0.05) is 17.8 Å². The highest BCUT2D eigenvalue weighted by Gasteiger charge is 1.98. The third kappa shape index (κ3) is 1.47. The minimum atomic E-state index is 0.910. The summed E-state index contributed by atoms with van der Waals surface area (Å²) in [6.45, 7) is 6.01. The van der Waals surface area contributed by atoms with E-state index in [4.69, 9.17) is 4.42 Å². The molecule has 0 aliphatic carbocycles. The highest BCUT2D eigenvalue weighted by molar-refractivity contribution is 5.79. The molecule has 0 aliphatic heterocycles. The third-order valence-corrected chi connectivity index (χ3v) is 1.57. The second-order valence-electron chi connectivity index (χ2n) is 2.29. The monoisotopic (exact) mass is 163 g/mol. The van der Waals surface area contributed by atoms with Gasteiger partial charge in [-0.1, -0.05) is 13.8 Å². The van der Waals surface area contributed by atoms with Crippen LogP contribution in [0.5, 0.6) is 0 Å². The number of furan rings is 1. The molecule has 64 valence electrons. The molecule has 0 aromatic carbocycles. The number of hydrogen-bond donors (Lipinski definition) is 0. The van der Waals surface area contributed by atoms with Gasteiger partial charge in [-0.15, -0.1) is 0 Å². The smallest absolute Gasteiger partial charge is 0.137 e. The highest BCUT2D eigenvalue weighted by atomic mass is 16.3. The molecule has 0 aliphatic rings. The van der Waals surface area contributed by atoms with Gasteiger partial charge < -0.3 is 4.42 Å². The van der Waals surface area contributed by atoms with E-state index < -0.39 is 0 Å². The molecule has 0 saturated heterocycles. The highest BCUT2D eigenvalue weighted by Crippen LogP contribution is 2.17. The molecule has 0 saturated carbocycles. The first-order valence-corrected chi connectivity index (χ1v) is 4.16. The van der Waals surface area contributed by atoms with Gasteiger partial charge in [0.25, 0.3) is 0 Å². The maximum Gasteiger partial charge on any atom is 0.137 e. The fourth-order valence-electron chi connectivity index (χ4n) is 0.996. The Morgan fingerprint density at radius 2 is 2.08 bits per heavy atom. The zero-order valence-electron chi connectivity index (χ0n) is 7.66. The maximum atomic E-state index is 5.21. The van der Waals surface area contributed by atoms with Crippen molar-refractivity contribution in [2.75, 3.05) is 0 Å². The Kier molecular flexibility index (Phi) is 2.86. The van der Waals surface area contributed by atoms with Crippen molar-refractivity contribution in [1.29, 1.82) is 0 Å². The average Bonchev–Trinajstić information content (AvgIpc) is 2.53. The second kappa shape index (κ2) is 3.90. The van der Waals surface area contributed by atoms with Gasteiger partial charge in [-0.2, -0.15) is 0 Å². The summed E-state index contributed by atoms with van der Waals surface area (Å²) >= 11 is 0. The van der Waals surface area contributed by atoms with Crippen molar-refractivity contribution < 1.29 is 4.42 Å². The summed E-state index contributed by atoms with van der Waals surface area (Å²) in [5.41, 5.74) is 2.05. The summed E-state index contributed by atoms with van der Waals surface area (Å²) in [6, 6.07) is 1.86. The number of aryl methyl sites for hydroxylation is 1. The van der Waals surface area contributed by atoms with Gasteiger partial charge in [-0.3, -0.25) is 4.98 Å². The van der Waals surface area contributed by atoms with Crippen LogP contribution in [0.3, 0.4) is 0 Å². The van der Waals surface area contributed by atoms with Gasteiger partial charge in [0.1, 0.15) is 5.58 Å². The van der Waals surface area contributed by atoms with Crippen molar-refractivity contribution >= 4 is 11.0 Å². The van der Waals surface area contributed by atoms with Crippen LogP contribution in [0.1, 0.15) is 19.4 Å². The molecule has 0 spiro atoms. The SMILES string of the molecule is CC.Cc1coc2ccncc12. The van der Waals surface area contributed by atoms with Crippen LogP contribution >= 0.6 is 0 Å². The molecule has 0 atom stereocenters. The van der Waals surface area contributed by atoms with Gasteiger partial charge in [0.05, 0.1) is 6.26 Å². The Morgan fingerprint density at radius 3 is 2.75 bits per heavy atom. The van der Waals surface area contributed by atoms with E-state index in [1.165, 1.54) is 0 Å². The Balaban J connectivity index is 0.000000336. The lowest BCUT2D eigenvalue weighted by molar-refractivity contribution is 0.613. The fourth-order valence-corrected chi connectivity index (χ4v) is 0.996. The first kappa shape index (κ1) is 8.78. The average molecular weight is 163 g/mol. The molecule has 0 radical (unpaired) electrons. The summed E-state index contributed by atoms with van der Waals surface area (Å²) in [4.78, 5) is 3.99. The van der Waals surface area contributed by atoms with Gasteiger partial charge in [0.15, 0.2) is 0 Å². The summed E-state index contributed by atoms with van der Waals surface area (Å²) in [7, 11) is 0. The Bertz CT molecular complexity index is 351. The number of nitrogens with zero attached hydrogens (tertiary/aromatic N) is 1. The molecular weight excluding hydrogens is 150 g/mol. The molecule has 0 amide bonds. The van der Waals surface area contributed by atoms with Crippen molar-refractivity contribution in [1.82, 2.24) is 4.98 Å². The van der Waals surface area contributed by atoms with Crippen molar-refractivity contribution in [2.24, 2.45) is 0 Å². The van der Waals surface area contributed by atoms with Crippen molar-refractivity contribution in [3.63, 3.8) is 0 Å². The molecule has 2 nitrogen and oxygen atoms in total. The molecule has 0 unspecified atom stereocenters.